The molecule has 0 bridgehead atoms. The SMILES string of the molecule is COCc1noc(N2CCC([C@H]3C[C@H]3CCOc3cc(F)c(CC(=O)OC)c(F)c3)CC2)n1. The van der Waals surface area contributed by atoms with E-state index in [0.29, 0.717) is 42.8 Å². The lowest BCUT2D eigenvalue weighted by atomic mass is 9.90. The fourth-order valence-electron chi connectivity index (χ4n) is 4.64. The van der Waals surface area contributed by atoms with Gasteiger partial charge in [-0.25, -0.2) is 8.78 Å². The molecule has 1 aliphatic carbocycles. The van der Waals surface area contributed by atoms with Gasteiger partial charge in [0, 0.05) is 37.9 Å². The van der Waals surface area contributed by atoms with Crippen molar-refractivity contribution in [2.24, 2.45) is 17.8 Å². The molecule has 10 heteroatoms. The zero-order valence-electron chi connectivity index (χ0n) is 18.9. The number of hydrogen-bond acceptors (Lipinski definition) is 8. The number of esters is 1. The molecule has 2 fully saturated rings. The number of nitrogens with zero attached hydrogens (tertiary/aromatic N) is 3. The Morgan fingerprint density at radius 1 is 1.21 bits per heavy atom. The third-order valence-corrected chi connectivity index (χ3v) is 6.54. The third kappa shape index (κ3) is 5.79. The minimum Gasteiger partial charge on any atom is -0.493 e. The Bertz CT molecular complexity index is 938. The Morgan fingerprint density at radius 2 is 1.94 bits per heavy atom. The number of aromatic nitrogens is 2. The average molecular weight is 465 g/mol. The lowest BCUT2D eigenvalue weighted by molar-refractivity contribution is -0.139. The van der Waals surface area contributed by atoms with Gasteiger partial charge < -0.3 is 23.6 Å². The summed E-state index contributed by atoms with van der Waals surface area (Å²) in [5.74, 6) is 0.278. The fraction of sp³-hybridized carbons (Fsp3) is 0.609. The van der Waals surface area contributed by atoms with Crippen LogP contribution >= 0.6 is 0 Å². The van der Waals surface area contributed by atoms with E-state index in [9.17, 15) is 13.6 Å². The van der Waals surface area contributed by atoms with Crippen LogP contribution in [-0.2, 0) is 27.3 Å². The Hall–Kier alpha value is -2.75. The van der Waals surface area contributed by atoms with Crippen LogP contribution in [0.5, 0.6) is 5.75 Å². The quantitative estimate of drug-likeness (QED) is 0.493. The molecule has 1 saturated carbocycles. The predicted octanol–water partition coefficient (Wildman–Crippen LogP) is 3.53. The van der Waals surface area contributed by atoms with E-state index in [1.54, 1.807) is 7.11 Å². The van der Waals surface area contributed by atoms with Crippen molar-refractivity contribution in [1.29, 1.82) is 0 Å². The molecule has 1 aliphatic heterocycles. The molecule has 2 aliphatic rings. The Labute approximate surface area is 191 Å². The number of hydrogen-bond donors (Lipinski definition) is 0. The van der Waals surface area contributed by atoms with Crippen molar-refractivity contribution in [2.45, 2.75) is 38.7 Å². The summed E-state index contributed by atoms with van der Waals surface area (Å²) >= 11 is 0. The van der Waals surface area contributed by atoms with Crippen LogP contribution in [0.1, 0.15) is 37.1 Å². The predicted molar refractivity (Wildman–Crippen MR) is 114 cm³/mol. The second kappa shape index (κ2) is 10.5. The highest BCUT2D eigenvalue weighted by Crippen LogP contribution is 2.50. The highest BCUT2D eigenvalue weighted by Gasteiger charge is 2.43. The molecule has 33 heavy (non-hydrogen) atoms. The highest BCUT2D eigenvalue weighted by molar-refractivity contribution is 5.72. The van der Waals surface area contributed by atoms with Crippen molar-refractivity contribution < 1.29 is 32.3 Å². The van der Waals surface area contributed by atoms with E-state index in [0.717, 1.165) is 50.9 Å². The summed E-state index contributed by atoms with van der Waals surface area (Å²) in [4.78, 5) is 17.8. The molecule has 0 radical (unpaired) electrons. The topological polar surface area (TPSA) is 86.9 Å². The zero-order chi connectivity index (χ0) is 23.4. The van der Waals surface area contributed by atoms with Gasteiger partial charge in [-0.3, -0.25) is 4.79 Å². The Morgan fingerprint density at radius 3 is 2.61 bits per heavy atom. The molecule has 1 aromatic carbocycles. The van der Waals surface area contributed by atoms with E-state index in [1.807, 2.05) is 0 Å². The molecule has 2 aromatic rings. The van der Waals surface area contributed by atoms with Gasteiger partial charge in [-0.05, 0) is 43.4 Å². The number of rotatable bonds is 10. The smallest absolute Gasteiger partial charge is 0.324 e. The fourth-order valence-corrected chi connectivity index (χ4v) is 4.64. The van der Waals surface area contributed by atoms with Crippen molar-refractivity contribution in [3.05, 3.63) is 35.2 Å². The molecule has 2 heterocycles. The highest BCUT2D eigenvalue weighted by atomic mass is 19.1. The van der Waals surface area contributed by atoms with E-state index in [-0.39, 0.29) is 11.3 Å². The third-order valence-electron chi connectivity index (χ3n) is 6.54. The van der Waals surface area contributed by atoms with Crippen LogP contribution < -0.4 is 9.64 Å². The molecule has 180 valence electrons. The number of carbonyl (C=O) groups excluding carboxylic acids is 1. The van der Waals surface area contributed by atoms with Crippen molar-refractivity contribution >= 4 is 12.0 Å². The summed E-state index contributed by atoms with van der Waals surface area (Å²) in [5, 5.41) is 3.92. The summed E-state index contributed by atoms with van der Waals surface area (Å²) in [6, 6.07) is 2.80. The van der Waals surface area contributed by atoms with Crippen molar-refractivity contribution in [3.8, 4) is 5.75 Å². The number of carbonyl (C=O) groups is 1. The number of ether oxygens (including phenoxy) is 3. The lowest BCUT2D eigenvalue weighted by Crippen LogP contribution is -2.34. The molecule has 1 aromatic heterocycles. The normalized spacial score (nSPS) is 20.7. The van der Waals surface area contributed by atoms with E-state index < -0.39 is 24.0 Å². The Balaban J connectivity index is 1.19. The minimum atomic E-state index is -0.804. The number of halogens is 2. The largest absolute Gasteiger partial charge is 0.493 e. The molecule has 4 rings (SSSR count). The van der Waals surface area contributed by atoms with Gasteiger partial charge in [0.15, 0.2) is 5.82 Å². The number of anilines is 1. The molecule has 8 nitrogen and oxygen atoms in total. The summed E-state index contributed by atoms with van der Waals surface area (Å²) in [6.07, 6.45) is 3.71. The van der Waals surface area contributed by atoms with Gasteiger partial charge in [0.1, 0.15) is 24.0 Å². The van der Waals surface area contributed by atoms with Crippen LogP contribution in [0.4, 0.5) is 14.8 Å². The Kier molecular flexibility index (Phi) is 7.42. The maximum Gasteiger partial charge on any atom is 0.324 e. The second-order valence-electron chi connectivity index (χ2n) is 8.67. The molecule has 0 spiro atoms. The lowest BCUT2D eigenvalue weighted by Gasteiger charge is -2.30. The van der Waals surface area contributed by atoms with Gasteiger partial charge in [0.2, 0.25) is 0 Å². The number of piperidine rings is 1. The van der Waals surface area contributed by atoms with E-state index in [1.165, 1.54) is 7.11 Å². The first-order valence-electron chi connectivity index (χ1n) is 11.2. The van der Waals surface area contributed by atoms with E-state index >= 15 is 0 Å². The molecule has 1 saturated heterocycles. The molecule has 0 N–H and O–H groups in total. The summed E-state index contributed by atoms with van der Waals surface area (Å²) < 4.78 is 48.7. The zero-order valence-corrected chi connectivity index (χ0v) is 18.9. The van der Waals surface area contributed by atoms with Gasteiger partial charge in [-0.1, -0.05) is 5.16 Å². The second-order valence-corrected chi connectivity index (χ2v) is 8.67. The molecule has 0 unspecified atom stereocenters. The van der Waals surface area contributed by atoms with E-state index in [2.05, 4.69) is 19.8 Å². The maximum absolute atomic E-state index is 14.2. The summed E-state index contributed by atoms with van der Waals surface area (Å²) in [7, 11) is 2.77. The summed E-state index contributed by atoms with van der Waals surface area (Å²) in [6.45, 7) is 2.51. The van der Waals surface area contributed by atoms with Crippen LogP contribution in [0.25, 0.3) is 0 Å². The van der Waals surface area contributed by atoms with Crippen molar-refractivity contribution in [2.75, 3.05) is 38.8 Å². The van der Waals surface area contributed by atoms with Crippen LogP contribution in [0.3, 0.4) is 0 Å². The van der Waals surface area contributed by atoms with Crippen LogP contribution in [0, 0.1) is 29.4 Å². The molecule has 2 atom stereocenters. The molecule has 0 amide bonds. The van der Waals surface area contributed by atoms with Crippen LogP contribution in [0.2, 0.25) is 0 Å². The van der Waals surface area contributed by atoms with E-state index in [4.69, 9.17) is 14.0 Å². The average Bonchev–Trinajstić information content (AvgIpc) is 3.43. The van der Waals surface area contributed by atoms with Gasteiger partial charge in [0.25, 0.3) is 0 Å². The van der Waals surface area contributed by atoms with Crippen molar-refractivity contribution in [1.82, 2.24) is 10.1 Å². The first-order chi connectivity index (χ1) is 16.0. The van der Waals surface area contributed by atoms with Crippen LogP contribution in [-0.4, -0.2) is 50.0 Å². The van der Waals surface area contributed by atoms with Gasteiger partial charge >= 0.3 is 12.0 Å². The molecular formula is C23H29F2N3O5. The van der Waals surface area contributed by atoms with Crippen LogP contribution in [0.15, 0.2) is 16.7 Å². The maximum atomic E-state index is 14.2. The first-order valence-corrected chi connectivity index (χ1v) is 11.2. The van der Waals surface area contributed by atoms with Gasteiger partial charge in [-0.15, -0.1) is 0 Å². The monoisotopic (exact) mass is 465 g/mol. The molecular weight excluding hydrogens is 436 g/mol. The van der Waals surface area contributed by atoms with Crippen molar-refractivity contribution in [3.63, 3.8) is 0 Å². The minimum absolute atomic E-state index is 0.136. The summed E-state index contributed by atoms with van der Waals surface area (Å²) in [5.41, 5.74) is -0.307. The first kappa shape index (κ1) is 23.4. The number of methoxy groups -OCH3 is 2. The van der Waals surface area contributed by atoms with Gasteiger partial charge in [-0.2, -0.15) is 4.98 Å². The number of benzene rings is 1. The standard InChI is InChI=1S/C23H29F2N3O5/c1-30-13-21-26-23(33-27-21)28-6-3-14(4-7-28)17-9-15(17)5-8-32-16-10-19(24)18(20(25)11-16)12-22(29)31-2/h10-11,14-15,17H,3-9,12-13H2,1-2H3/t15-,17-/m1/s1. The van der Waals surface area contributed by atoms with Gasteiger partial charge in [0.05, 0.1) is 20.1 Å².